The number of fused-ring (bicyclic) bond motifs is 1. The Morgan fingerprint density at radius 1 is 1.26 bits per heavy atom. The lowest BCUT2D eigenvalue weighted by molar-refractivity contribution is 0.0330. The second-order valence-electron chi connectivity index (χ2n) is 4.60. The Morgan fingerprint density at radius 3 is 2.87 bits per heavy atom. The van der Waals surface area contributed by atoms with Crippen LogP contribution in [0.4, 0.5) is 4.39 Å². The van der Waals surface area contributed by atoms with E-state index in [4.69, 9.17) is 4.74 Å². The van der Waals surface area contributed by atoms with E-state index < -0.39 is 24.1 Å². The minimum absolute atomic E-state index is 0.235. The maximum Gasteiger partial charge on any atom is 0.342 e. The minimum atomic E-state index is -0.898. The second kappa shape index (κ2) is 6.25. The number of halogens is 2. The highest BCUT2D eigenvalue weighted by atomic mass is 79.9. The first kappa shape index (κ1) is 15.3. The molecule has 0 amide bonds. The number of rotatable bonds is 3. The molecule has 1 aromatic heterocycles. The highest BCUT2D eigenvalue weighted by Crippen LogP contribution is 2.16. The monoisotopic (exact) mass is 377 g/mol. The Bertz CT molecular complexity index is 958. The zero-order chi connectivity index (χ0) is 16.4. The quantitative estimate of drug-likeness (QED) is 0.655. The fourth-order valence-corrected chi connectivity index (χ4v) is 2.32. The van der Waals surface area contributed by atoms with E-state index in [0.29, 0.717) is 15.4 Å². The molecule has 116 valence electrons. The molecule has 0 spiro atoms. The molecular weight excluding hydrogens is 369 g/mol. The van der Waals surface area contributed by atoms with Crippen LogP contribution in [0.15, 0.2) is 51.7 Å². The van der Waals surface area contributed by atoms with Gasteiger partial charge in [-0.1, -0.05) is 33.3 Å². The topological polar surface area (TPSA) is 74.1 Å². The molecule has 0 saturated heterocycles. The van der Waals surface area contributed by atoms with Crippen LogP contribution < -0.4 is 5.56 Å². The van der Waals surface area contributed by atoms with E-state index >= 15 is 0 Å². The van der Waals surface area contributed by atoms with Crippen molar-refractivity contribution in [2.45, 2.75) is 6.73 Å². The number of aromatic nitrogens is 3. The fourth-order valence-electron chi connectivity index (χ4n) is 1.96. The molecule has 2 aromatic carbocycles. The first-order valence-electron chi connectivity index (χ1n) is 6.51. The predicted octanol–water partition coefficient (Wildman–Crippen LogP) is 2.51. The normalized spacial score (nSPS) is 10.7. The van der Waals surface area contributed by atoms with Crippen molar-refractivity contribution in [2.75, 3.05) is 0 Å². The molecule has 0 aliphatic rings. The molecule has 6 nitrogen and oxygen atoms in total. The summed E-state index contributed by atoms with van der Waals surface area (Å²) in [5.41, 5.74) is -0.239. The van der Waals surface area contributed by atoms with Gasteiger partial charge in [-0.3, -0.25) is 4.79 Å². The van der Waals surface area contributed by atoms with E-state index in [2.05, 4.69) is 26.2 Å². The van der Waals surface area contributed by atoms with E-state index in [1.807, 2.05) is 0 Å². The highest BCUT2D eigenvalue weighted by molar-refractivity contribution is 9.10. The van der Waals surface area contributed by atoms with E-state index in [-0.39, 0.29) is 5.56 Å². The summed E-state index contributed by atoms with van der Waals surface area (Å²) in [6.45, 7) is -0.457. The standard InChI is InChI=1S/C15H9BrFN3O3/c16-9-5-6-12(17)11(7-9)15(22)23-8-20-14(21)10-3-1-2-4-13(10)18-19-20/h1-7H,8H2. The van der Waals surface area contributed by atoms with Crippen LogP contribution in [0.3, 0.4) is 0 Å². The molecule has 1 heterocycles. The summed E-state index contributed by atoms with van der Waals surface area (Å²) in [5.74, 6) is -1.61. The number of esters is 1. The SMILES string of the molecule is O=C(OCn1nnc2ccccc2c1=O)c1cc(Br)ccc1F. The smallest absolute Gasteiger partial charge is 0.342 e. The van der Waals surface area contributed by atoms with E-state index in [9.17, 15) is 14.0 Å². The third kappa shape index (κ3) is 3.11. The van der Waals surface area contributed by atoms with Crippen molar-refractivity contribution in [3.63, 3.8) is 0 Å². The average Bonchev–Trinajstić information content (AvgIpc) is 2.56. The van der Waals surface area contributed by atoms with Gasteiger partial charge in [-0.15, -0.1) is 5.10 Å². The molecule has 3 rings (SSSR count). The van der Waals surface area contributed by atoms with Crippen molar-refractivity contribution < 1.29 is 13.9 Å². The molecule has 0 radical (unpaired) electrons. The van der Waals surface area contributed by atoms with Crippen molar-refractivity contribution in [3.8, 4) is 0 Å². The zero-order valence-electron chi connectivity index (χ0n) is 11.6. The summed E-state index contributed by atoms with van der Waals surface area (Å²) in [6, 6.07) is 10.6. The molecule has 0 aliphatic heterocycles. The summed E-state index contributed by atoms with van der Waals surface area (Å²) in [7, 11) is 0. The number of benzene rings is 2. The van der Waals surface area contributed by atoms with Gasteiger partial charge in [-0.2, -0.15) is 4.68 Å². The van der Waals surface area contributed by atoms with Gasteiger partial charge >= 0.3 is 5.97 Å². The average molecular weight is 378 g/mol. The zero-order valence-corrected chi connectivity index (χ0v) is 13.2. The molecule has 8 heteroatoms. The van der Waals surface area contributed by atoms with Crippen molar-refractivity contribution in [2.24, 2.45) is 0 Å². The van der Waals surface area contributed by atoms with Crippen LogP contribution in [0.5, 0.6) is 0 Å². The molecule has 0 atom stereocenters. The Balaban J connectivity index is 1.83. The Hall–Kier alpha value is -2.61. The van der Waals surface area contributed by atoms with Gasteiger partial charge in [-0.25, -0.2) is 9.18 Å². The number of hydrogen-bond donors (Lipinski definition) is 0. The number of nitrogens with zero attached hydrogens (tertiary/aromatic N) is 3. The molecule has 23 heavy (non-hydrogen) atoms. The number of carbonyl (C=O) groups is 1. The fraction of sp³-hybridized carbons (Fsp3) is 0.0667. The van der Waals surface area contributed by atoms with Crippen LogP contribution in [0, 0.1) is 5.82 Å². The van der Waals surface area contributed by atoms with Gasteiger partial charge in [0.2, 0.25) is 0 Å². The first-order chi connectivity index (χ1) is 11.1. The van der Waals surface area contributed by atoms with Crippen molar-refractivity contribution in [1.82, 2.24) is 15.0 Å². The summed E-state index contributed by atoms with van der Waals surface area (Å²) in [5, 5.41) is 7.90. The van der Waals surface area contributed by atoms with E-state index in [0.717, 1.165) is 10.7 Å². The van der Waals surface area contributed by atoms with E-state index in [1.165, 1.54) is 12.1 Å². The van der Waals surface area contributed by atoms with Crippen LogP contribution in [0.2, 0.25) is 0 Å². The molecule has 0 fully saturated rings. The lowest BCUT2D eigenvalue weighted by atomic mass is 10.2. The summed E-state index contributed by atoms with van der Waals surface area (Å²) >= 11 is 3.15. The number of hydrogen-bond acceptors (Lipinski definition) is 5. The summed E-state index contributed by atoms with van der Waals surface area (Å²) in [4.78, 5) is 24.1. The Morgan fingerprint density at radius 2 is 2.04 bits per heavy atom. The molecule has 0 saturated carbocycles. The van der Waals surface area contributed by atoms with Crippen LogP contribution in [0.1, 0.15) is 10.4 Å². The van der Waals surface area contributed by atoms with Crippen molar-refractivity contribution in [3.05, 3.63) is 68.7 Å². The van der Waals surface area contributed by atoms with Crippen molar-refractivity contribution >= 4 is 32.8 Å². The van der Waals surface area contributed by atoms with Crippen LogP contribution in [-0.2, 0) is 11.5 Å². The number of carbonyl (C=O) groups excluding carboxylic acids is 1. The molecule has 0 bridgehead atoms. The maximum absolute atomic E-state index is 13.6. The third-order valence-corrected chi connectivity index (χ3v) is 3.59. The van der Waals surface area contributed by atoms with Gasteiger partial charge in [-0.05, 0) is 30.3 Å². The van der Waals surface area contributed by atoms with Gasteiger partial charge in [0.05, 0.1) is 10.9 Å². The lowest BCUT2D eigenvalue weighted by Crippen LogP contribution is -2.26. The van der Waals surface area contributed by atoms with Gasteiger partial charge in [0.25, 0.3) is 5.56 Å². The summed E-state index contributed by atoms with van der Waals surface area (Å²) in [6.07, 6.45) is 0. The van der Waals surface area contributed by atoms with Gasteiger partial charge in [0.15, 0.2) is 6.73 Å². The van der Waals surface area contributed by atoms with Crippen LogP contribution in [-0.4, -0.2) is 21.0 Å². The Labute approximate surface area is 137 Å². The van der Waals surface area contributed by atoms with Crippen LogP contribution in [0.25, 0.3) is 10.9 Å². The van der Waals surface area contributed by atoms with Gasteiger partial charge in [0.1, 0.15) is 11.3 Å². The number of ether oxygens (including phenoxy) is 1. The molecule has 0 N–H and O–H groups in total. The van der Waals surface area contributed by atoms with E-state index in [1.54, 1.807) is 24.3 Å². The minimum Gasteiger partial charge on any atom is -0.438 e. The first-order valence-corrected chi connectivity index (χ1v) is 7.30. The maximum atomic E-state index is 13.6. The lowest BCUT2D eigenvalue weighted by Gasteiger charge is -2.07. The summed E-state index contributed by atoms with van der Waals surface area (Å²) < 4.78 is 20.0. The molecular formula is C15H9BrFN3O3. The highest BCUT2D eigenvalue weighted by Gasteiger charge is 2.15. The predicted molar refractivity (Wildman–Crippen MR) is 83.3 cm³/mol. The van der Waals surface area contributed by atoms with Crippen molar-refractivity contribution in [1.29, 1.82) is 0 Å². The molecule has 0 aliphatic carbocycles. The Kier molecular flexibility index (Phi) is 4.16. The van der Waals surface area contributed by atoms with Gasteiger partial charge < -0.3 is 4.74 Å². The second-order valence-corrected chi connectivity index (χ2v) is 5.51. The largest absolute Gasteiger partial charge is 0.438 e. The third-order valence-electron chi connectivity index (χ3n) is 3.10. The van der Waals surface area contributed by atoms with Gasteiger partial charge in [0, 0.05) is 4.47 Å². The van der Waals surface area contributed by atoms with Crippen LogP contribution >= 0.6 is 15.9 Å². The molecule has 0 unspecified atom stereocenters. The molecule has 3 aromatic rings.